The summed E-state index contributed by atoms with van der Waals surface area (Å²) in [6, 6.07) is 12.0. The molecule has 6 nitrogen and oxygen atoms in total. The number of carbonyl (C=O) groups excluding carboxylic acids is 1. The number of alkyl halides is 3. The van der Waals surface area contributed by atoms with Crippen LogP contribution < -0.4 is 16.0 Å². The number of para-hydroxylation sites is 1. The number of nitrogens with zero attached hydrogens (tertiary/aromatic N) is 3. The lowest BCUT2D eigenvalue weighted by Crippen LogP contribution is -2.47. The summed E-state index contributed by atoms with van der Waals surface area (Å²) in [4.78, 5) is 20.0. The Balaban J connectivity index is 1.30. The number of hydrogen-bond donors (Lipinski definition) is 2. The van der Waals surface area contributed by atoms with Crippen molar-refractivity contribution in [1.82, 2.24) is 15.1 Å². The maximum atomic E-state index is 13.4. The molecule has 3 N–H and O–H groups in total. The number of fused-ring (bicyclic) bond motifs is 2. The van der Waals surface area contributed by atoms with Gasteiger partial charge in [-0.2, -0.15) is 13.2 Å². The van der Waals surface area contributed by atoms with E-state index in [4.69, 9.17) is 5.73 Å². The summed E-state index contributed by atoms with van der Waals surface area (Å²) in [5, 5.41) is 2.80. The summed E-state index contributed by atoms with van der Waals surface area (Å²) in [6.45, 7) is 7.07. The number of hydrogen-bond acceptors (Lipinski definition) is 6. The van der Waals surface area contributed by atoms with E-state index in [1.54, 1.807) is 6.07 Å². The predicted molar refractivity (Wildman–Crippen MR) is 133 cm³/mol. The molecule has 2 aromatic carbocycles. The summed E-state index contributed by atoms with van der Waals surface area (Å²) in [7, 11) is 0. The van der Waals surface area contributed by atoms with Crippen molar-refractivity contribution >= 4 is 29.0 Å². The van der Waals surface area contributed by atoms with Gasteiger partial charge in [-0.05, 0) is 56.3 Å². The number of amides is 1. The number of piperazine rings is 1. The Morgan fingerprint density at radius 3 is 2.26 bits per heavy atom. The van der Waals surface area contributed by atoms with Crippen molar-refractivity contribution in [3.63, 3.8) is 0 Å². The van der Waals surface area contributed by atoms with Gasteiger partial charge in [0.2, 0.25) is 5.91 Å². The van der Waals surface area contributed by atoms with E-state index in [0.717, 1.165) is 67.6 Å². The third kappa shape index (κ3) is 6.69. The SMILES string of the molecule is NCC(=O)NCCCN1CCN(CCCN2c3ccccc3Sc3ccc(C(F)(F)F)cc32)CC1. The fourth-order valence-corrected chi connectivity index (χ4v) is 5.61. The summed E-state index contributed by atoms with van der Waals surface area (Å²) >= 11 is 1.52. The highest BCUT2D eigenvalue weighted by molar-refractivity contribution is 7.99. The third-order valence-electron chi connectivity index (χ3n) is 6.43. The maximum Gasteiger partial charge on any atom is 0.416 e. The molecule has 10 heteroatoms. The van der Waals surface area contributed by atoms with Gasteiger partial charge in [0.1, 0.15) is 0 Å². The van der Waals surface area contributed by atoms with Crippen LogP contribution in [0.1, 0.15) is 18.4 Å². The van der Waals surface area contributed by atoms with E-state index in [1.165, 1.54) is 23.9 Å². The third-order valence-corrected chi connectivity index (χ3v) is 7.56. The van der Waals surface area contributed by atoms with Crippen LogP contribution >= 0.6 is 11.8 Å². The standard InChI is InChI=1S/C25H32F3N5OS/c26-25(27,28)19-7-8-23-21(17-19)33(20-5-1-2-6-22(20)35-23)12-4-11-32-15-13-31(14-16-32)10-3-9-30-24(34)18-29/h1-2,5-8,17H,3-4,9-16,18,29H2,(H,30,34). The highest BCUT2D eigenvalue weighted by atomic mass is 32.2. The molecule has 35 heavy (non-hydrogen) atoms. The van der Waals surface area contributed by atoms with Gasteiger partial charge in [0, 0.05) is 49.1 Å². The first-order valence-electron chi connectivity index (χ1n) is 12.0. The predicted octanol–water partition coefficient (Wildman–Crippen LogP) is 3.78. The minimum absolute atomic E-state index is 0.0234. The summed E-state index contributed by atoms with van der Waals surface area (Å²) in [5.74, 6) is -0.123. The molecule has 2 aliphatic heterocycles. The number of carbonyl (C=O) groups is 1. The zero-order valence-electron chi connectivity index (χ0n) is 19.7. The van der Waals surface area contributed by atoms with Gasteiger partial charge in [-0.25, -0.2) is 0 Å². The van der Waals surface area contributed by atoms with Crippen LogP contribution in [-0.4, -0.2) is 74.6 Å². The van der Waals surface area contributed by atoms with E-state index in [-0.39, 0.29) is 12.5 Å². The van der Waals surface area contributed by atoms with Crippen molar-refractivity contribution < 1.29 is 18.0 Å². The maximum absolute atomic E-state index is 13.4. The molecular weight excluding hydrogens is 475 g/mol. The van der Waals surface area contributed by atoms with Gasteiger partial charge >= 0.3 is 6.18 Å². The number of benzene rings is 2. The van der Waals surface area contributed by atoms with Crippen LogP contribution in [0.4, 0.5) is 24.5 Å². The molecule has 1 amide bonds. The fourth-order valence-electron chi connectivity index (χ4n) is 4.54. The Morgan fingerprint density at radius 2 is 1.57 bits per heavy atom. The molecule has 0 spiro atoms. The van der Waals surface area contributed by atoms with E-state index < -0.39 is 11.7 Å². The minimum Gasteiger partial charge on any atom is -0.355 e. The van der Waals surface area contributed by atoms with Crippen LogP contribution in [0.5, 0.6) is 0 Å². The summed E-state index contributed by atoms with van der Waals surface area (Å²) in [6.07, 6.45) is -2.60. The average molecular weight is 508 g/mol. The van der Waals surface area contributed by atoms with E-state index in [2.05, 4.69) is 15.1 Å². The smallest absolute Gasteiger partial charge is 0.355 e. The summed E-state index contributed by atoms with van der Waals surface area (Å²) in [5.41, 5.74) is 6.29. The highest BCUT2D eigenvalue weighted by Gasteiger charge is 2.33. The molecule has 4 rings (SSSR count). The van der Waals surface area contributed by atoms with Crippen molar-refractivity contribution in [2.24, 2.45) is 5.73 Å². The number of halogens is 3. The first-order valence-corrected chi connectivity index (χ1v) is 12.8. The van der Waals surface area contributed by atoms with Gasteiger partial charge in [0.25, 0.3) is 0 Å². The molecule has 0 bridgehead atoms. The van der Waals surface area contributed by atoms with Gasteiger partial charge < -0.3 is 25.8 Å². The van der Waals surface area contributed by atoms with Gasteiger partial charge in [0.15, 0.2) is 0 Å². The molecule has 2 heterocycles. The van der Waals surface area contributed by atoms with Gasteiger partial charge in [-0.3, -0.25) is 4.79 Å². The average Bonchev–Trinajstić information content (AvgIpc) is 2.86. The van der Waals surface area contributed by atoms with Gasteiger partial charge in [0.05, 0.1) is 23.5 Å². The number of nitrogens with one attached hydrogen (secondary N) is 1. The zero-order chi connectivity index (χ0) is 24.8. The van der Waals surface area contributed by atoms with Gasteiger partial charge in [-0.15, -0.1) is 0 Å². The Hall–Kier alpha value is -2.27. The van der Waals surface area contributed by atoms with Crippen LogP contribution in [0.2, 0.25) is 0 Å². The number of anilines is 2. The van der Waals surface area contributed by atoms with E-state index >= 15 is 0 Å². The highest BCUT2D eigenvalue weighted by Crippen LogP contribution is 2.49. The Labute approximate surface area is 208 Å². The molecule has 0 saturated carbocycles. The minimum atomic E-state index is -4.36. The summed E-state index contributed by atoms with van der Waals surface area (Å²) < 4.78 is 40.2. The largest absolute Gasteiger partial charge is 0.416 e. The van der Waals surface area contributed by atoms with Crippen molar-refractivity contribution in [3.8, 4) is 0 Å². The van der Waals surface area contributed by atoms with Crippen molar-refractivity contribution in [3.05, 3.63) is 48.0 Å². The van der Waals surface area contributed by atoms with Crippen molar-refractivity contribution in [1.29, 1.82) is 0 Å². The second-order valence-corrected chi connectivity index (χ2v) is 9.93. The molecule has 190 valence electrons. The van der Waals surface area contributed by atoms with Gasteiger partial charge in [-0.1, -0.05) is 23.9 Å². The molecule has 0 radical (unpaired) electrons. The lowest BCUT2D eigenvalue weighted by molar-refractivity contribution is -0.137. The Kier molecular flexibility index (Phi) is 8.59. The second-order valence-electron chi connectivity index (χ2n) is 8.85. The van der Waals surface area contributed by atoms with E-state index in [1.807, 2.05) is 29.2 Å². The molecule has 0 aliphatic carbocycles. The normalized spacial score (nSPS) is 16.6. The lowest BCUT2D eigenvalue weighted by atomic mass is 10.1. The van der Waals surface area contributed by atoms with E-state index in [0.29, 0.717) is 18.8 Å². The molecular formula is C25H32F3N5OS. The quantitative estimate of drug-likeness (QED) is 0.504. The van der Waals surface area contributed by atoms with Crippen LogP contribution in [0, 0.1) is 0 Å². The fraction of sp³-hybridized carbons (Fsp3) is 0.480. The first-order chi connectivity index (χ1) is 16.8. The molecule has 0 aromatic heterocycles. The zero-order valence-corrected chi connectivity index (χ0v) is 20.5. The lowest BCUT2D eigenvalue weighted by Gasteiger charge is -2.36. The number of nitrogens with two attached hydrogens (primary N) is 1. The Bertz CT molecular complexity index is 1010. The molecule has 2 aromatic rings. The second kappa shape index (κ2) is 11.6. The number of rotatable bonds is 9. The molecule has 2 aliphatic rings. The van der Waals surface area contributed by atoms with Crippen molar-refractivity contribution in [2.75, 3.05) is 63.8 Å². The topological polar surface area (TPSA) is 64.8 Å². The van der Waals surface area contributed by atoms with Crippen molar-refractivity contribution in [2.45, 2.75) is 28.8 Å². The molecule has 1 saturated heterocycles. The first kappa shape index (κ1) is 25.8. The Morgan fingerprint density at radius 1 is 0.914 bits per heavy atom. The van der Waals surface area contributed by atoms with Crippen LogP contribution in [-0.2, 0) is 11.0 Å². The van der Waals surface area contributed by atoms with Crippen LogP contribution in [0.15, 0.2) is 52.3 Å². The van der Waals surface area contributed by atoms with E-state index in [9.17, 15) is 18.0 Å². The van der Waals surface area contributed by atoms with Crippen LogP contribution in [0.3, 0.4) is 0 Å². The molecule has 1 fully saturated rings. The van der Waals surface area contributed by atoms with Crippen LogP contribution in [0.25, 0.3) is 0 Å². The molecule has 0 unspecified atom stereocenters. The monoisotopic (exact) mass is 507 g/mol. The molecule has 0 atom stereocenters.